The van der Waals surface area contributed by atoms with Gasteiger partial charge in [0.05, 0.1) is 22.7 Å². The molecule has 4 atom stereocenters. The van der Waals surface area contributed by atoms with Gasteiger partial charge in [-0.25, -0.2) is 0 Å². The average Bonchev–Trinajstić information content (AvgIpc) is 3.04. The molecule has 3 heterocycles. The van der Waals surface area contributed by atoms with E-state index in [0.29, 0.717) is 16.9 Å². The number of fused-ring (bicyclic) bond motifs is 2. The Morgan fingerprint density at radius 1 is 1.50 bits per heavy atom. The Hall–Kier alpha value is -0.350. The summed E-state index contributed by atoms with van der Waals surface area (Å²) in [4.78, 5) is 0. The van der Waals surface area contributed by atoms with E-state index in [-0.39, 0.29) is 12.2 Å². The fraction of sp³-hybridized carbons (Fsp3) is 0.583. The maximum absolute atomic E-state index is 10.5. The Kier molecular flexibility index (Phi) is 3.06. The molecule has 2 aliphatic rings. The lowest BCUT2D eigenvalue weighted by atomic mass is 9.70. The van der Waals surface area contributed by atoms with Crippen molar-refractivity contribution in [2.45, 2.75) is 37.6 Å². The smallest absolute Gasteiger partial charge is 0.183 e. The van der Waals surface area contributed by atoms with Gasteiger partial charge in [0.1, 0.15) is 17.3 Å². The summed E-state index contributed by atoms with van der Waals surface area (Å²) in [7, 11) is 0. The van der Waals surface area contributed by atoms with E-state index < -0.39 is 11.5 Å². The molecule has 2 bridgehead atoms. The molecule has 1 N–H and O–H groups in total. The highest BCUT2D eigenvalue weighted by atomic mass is 79.9. The summed E-state index contributed by atoms with van der Waals surface area (Å²) in [5.41, 5.74) is -0.875. The number of furan rings is 1. The number of rotatable bonds is 2. The first-order valence-electron chi connectivity index (χ1n) is 5.76. The lowest BCUT2D eigenvalue weighted by molar-refractivity contribution is -0.00796. The first kappa shape index (κ1) is 12.7. The van der Waals surface area contributed by atoms with Gasteiger partial charge < -0.3 is 14.3 Å². The molecular formula is C12H11Br2NO3. The molecule has 2 saturated heterocycles. The Bertz CT molecular complexity index is 504. The number of nitrogens with zero attached hydrogens (tertiary/aromatic N) is 1. The lowest BCUT2D eigenvalue weighted by Gasteiger charge is -2.31. The van der Waals surface area contributed by atoms with Crippen LogP contribution < -0.4 is 0 Å². The van der Waals surface area contributed by atoms with Crippen LogP contribution in [0.4, 0.5) is 0 Å². The van der Waals surface area contributed by atoms with Gasteiger partial charge in [-0.3, -0.25) is 0 Å². The number of halogens is 2. The van der Waals surface area contributed by atoms with E-state index in [1.54, 1.807) is 6.07 Å². The summed E-state index contributed by atoms with van der Waals surface area (Å²) >= 11 is 6.54. The van der Waals surface area contributed by atoms with Gasteiger partial charge in [-0.1, -0.05) is 0 Å². The number of nitriles is 1. The molecule has 0 saturated carbocycles. The molecule has 2 aliphatic heterocycles. The minimum absolute atomic E-state index is 0.103. The third-order valence-corrected chi connectivity index (χ3v) is 5.59. The van der Waals surface area contributed by atoms with Gasteiger partial charge in [-0.15, -0.1) is 0 Å². The second-order valence-corrected chi connectivity index (χ2v) is 6.43. The van der Waals surface area contributed by atoms with E-state index in [1.165, 1.54) is 0 Å². The van der Waals surface area contributed by atoms with Gasteiger partial charge in [-0.05, 0) is 57.2 Å². The van der Waals surface area contributed by atoms with Crippen LogP contribution in [-0.2, 0) is 4.74 Å². The molecule has 2 fully saturated rings. The van der Waals surface area contributed by atoms with E-state index in [1.807, 2.05) is 0 Å². The molecular weight excluding hydrogens is 366 g/mol. The van der Waals surface area contributed by atoms with Gasteiger partial charge in [-0.2, -0.15) is 5.26 Å². The molecule has 1 aromatic heterocycles. The molecule has 1 aromatic rings. The topological polar surface area (TPSA) is 66.4 Å². The Balaban J connectivity index is 1.96. The monoisotopic (exact) mass is 375 g/mol. The van der Waals surface area contributed by atoms with Crippen LogP contribution in [-0.4, -0.2) is 17.3 Å². The number of aliphatic hydroxyl groups is 1. The van der Waals surface area contributed by atoms with E-state index in [4.69, 9.17) is 9.15 Å². The molecule has 4 nitrogen and oxygen atoms in total. The van der Waals surface area contributed by atoms with Crippen LogP contribution in [0, 0.1) is 16.7 Å². The van der Waals surface area contributed by atoms with Crippen LogP contribution in [0.5, 0.6) is 0 Å². The minimum Gasteiger partial charge on any atom is -0.450 e. The molecule has 4 unspecified atom stereocenters. The highest BCUT2D eigenvalue weighted by molar-refractivity contribution is 9.13. The summed E-state index contributed by atoms with van der Waals surface area (Å²) in [6, 6.07) is 3.96. The second-order valence-electron chi connectivity index (χ2n) is 4.85. The molecule has 0 aromatic carbocycles. The zero-order valence-electron chi connectivity index (χ0n) is 9.40. The molecule has 3 rings (SSSR count). The van der Waals surface area contributed by atoms with Gasteiger partial charge in [0.25, 0.3) is 0 Å². The third kappa shape index (κ3) is 1.68. The summed E-state index contributed by atoms with van der Waals surface area (Å²) < 4.78 is 12.4. The predicted molar refractivity (Wildman–Crippen MR) is 69.6 cm³/mol. The van der Waals surface area contributed by atoms with Crippen molar-refractivity contribution >= 4 is 31.9 Å². The van der Waals surface area contributed by atoms with Crippen molar-refractivity contribution in [2.24, 2.45) is 5.41 Å². The predicted octanol–water partition coefficient (Wildman–Crippen LogP) is 3.30. The van der Waals surface area contributed by atoms with Crippen molar-refractivity contribution < 1.29 is 14.3 Å². The molecule has 0 amide bonds. The molecule has 96 valence electrons. The van der Waals surface area contributed by atoms with Gasteiger partial charge >= 0.3 is 0 Å². The summed E-state index contributed by atoms with van der Waals surface area (Å²) in [6.45, 7) is 0. The van der Waals surface area contributed by atoms with Crippen molar-refractivity contribution in [3.8, 4) is 6.07 Å². The zero-order valence-corrected chi connectivity index (χ0v) is 12.6. The first-order chi connectivity index (χ1) is 8.56. The second kappa shape index (κ2) is 4.34. The molecule has 0 spiro atoms. The standard InChI is InChI=1S/C12H11Br2NO3/c13-7-3-8(18-11(7)14)10(16)12(5-15)4-6-1-2-9(12)17-6/h3,6,9-10,16H,1-2,4H2. The highest BCUT2D eigenvalue weighted by Gasteiger charge is 2.58. The molecule has 0 radical (unpaired) electrons. The van der Waals surface area contributed by atoms with Gasteiger partial charge in [0.15, 0.2) is 4.67 Å². The van der Waals surface area contributed by atoms with Crippen molar-refractivity contribution in [3.63, 3.8) is 0 Å². The van der Waals surface area contributed by atoms with Crippen LogP contribution >= 0.6 is 31.9 Å². The number of aliphatic hydroxyl groups excluding tert-OH is 1. The van der Waals surface area contributed by atoms with Crippen molar-refractivity contribution in [3.05, 3.63) is 21.0 Å². The quantitative estimate of drug-likeness (QED) is 0.859. The molecule has 6 heteroatoms. The summed E-state index contributed by atoms with van der Waals surface area (Å²) in [5, 5.41) is 20.0. The number of hydrogen-bond donors (Lipinski definition) is 1. The fourth-order valence-electron chi connectivity index (χ4n) is 2.96. The van der Waals surface area contributed by atoms with E-state index in [0.717, 1.165) is 17.3 Å². The van der Waals surface area contributed by atoms with Crippen molar-refractivity contribution in [2.75, 3.05) is 0 Å². The SMILES string of the molecule is N#CC1(C(O)c2cc(Br)c(Br)o2)CC2CCC1O2. The number of hydrogen-bond acceptors (Lipinski definition) is 4. The van der Waals surface area contributed by atoms with E-state index >= 15 is 0 Å². The van der Waals surface area contributed by atoms with Crippen molar-refractivity contribution in [1.82, 2.24) is 0 Å². The largest absolute Gasteiger partial charge is 0.450 e. The van der Waals surface area contributed by atoms with Crippen LogP contribution in [0.2, 0.25) is 0 Å². The molecule has 0 aliphatic carbocycles. The van der Waals surface area contributed by atoms with Crippen LogP contribution in [0.15, 0.2) is 19.6 Å². The lowest BCUT2D eigenvalue weighted by Crippen LogP contribution is -2.37. The van der Waals surface area contributed by atoms with Gasteiger partial charge in [0, 0.05) is 0 Å². The maximum atomic E-state index is 10.5. The first-order valence-corrected chi connectivity index (χ1v) is 7.35. The maximum Gasteiger partial charge on any atom is 0.183 e. The van der Waals surface area contributed by atoms with E-state index in [2.05, 4.69) is 37.9 Å². The van der Waals surface area contributed by atoms with E-state index in [9.17, 15) is 10.4 Å². The Morgan fingerprint density at radius 3 is 2.72 bits per heavy atom. The molecule has 18 heavy (non-hydrogen) atoms. The Labute approximate surface area is 121 Å². The Morgan fingerprint density at radius 2 is 2.28 bits per heavy atom. The average molecular weight is 377 g/mol. The van der Waals surface area contributed by atoms with Crippen molar-refractivity contribution in [1.29, 1.82) is 5.26 Å². The summed E-state index contributed by atoms with van der Waals surface area (Å²) in [6.07, 6.45) is 1.34. The van der Waals surface area contributed by atoms with Crippen LogP contribution in [0.1, 0.15) is 31.1 Å². The van der Waals surface area contributed by atoms with Crippen LogP contribution in [0.25, 0.3) is 0 Å². The summed E-state index contributed by atoms with van der Waals surface area (Å²) in [5.74, 6) is 0.395. The zero-order chi connectivity index (χ0) is 12.9. The number of ether oxygens (including phenoxy) is 1. The van der Waals surface area contributed by atoms with Crippen LogP contribution in [0.3, 0.4) is 0 Å². The van der Waals surface area contributed by atoms with Gasteiger partial charge in [0.2, 0.25) is 0 Å². The normalized spacial score (nSPS) is 35.7. The highest BCUT2D eigenvalue weighted by Crippen LogP contribution is 2.54. The third-order valence-electron chi connectivity index (χ3n) is 3.88. The fourth-order valence-corrected chi connectivity index (χ4v) is 3.57. The minimum atomic E-state index is -0.958.